The van der Waals surface area contributed by atoms with Crippen LogP contribution in [0.1, 0.15) is 24.4 Å². The molecule has 4 aromatic rings. The Morgan fingerprint density at radius 1 is 1.20 bits per heavy atom. The lowest BCUT2D eigenvalue weighted by molar-refractivity contribution is 0.0695. The maximum atomic E-state index is 12.8. The van der Waals surface area contributed by atoms with E-state index in [9.17, 15) is 4.79 Å². The zero-order valence-electron chi connectivity index (χ0n) is 16.8. The average molecular weight is 406 g/mol. The summed E-state index contributed by atoms with van der Waals surface area (Å²) in [5.74, 6) is 1.14. The van der Waals surface area contributed by atoms with Gasteiger partial charge in [0.2, 0.25) is 5.95 Å². The van der Waals surface area contributed by atoms with Crippen LogP contribution in [0.3, 0.4) is 0 Å². The third kappa shape index (κ3) is 3.17. The fourth-order valence-electron chi connectivity index (χ4n) is 3.83. The maximum absolute atomic E-state index is 12.8. The van der Waals surface area contributed by atoms with Gasteiger partial charge in [-0.3, -0.25) is 14.1 Å². The van der Waals surface area contributed by atoms with E-state index in [2.05, 4.69) is 20.3 Å². The van der Waals surface area contributed by atoms with E-state index in [0.29, 0.717) is 36.1 Å². The molecule has 30 heavy (non-hydrogen) atoms. The van der Waals surface area contributed by atoms with E-state index in [1.165, 1.54) is 0 Å². The molecule has 154 valence electrons. The summed E-state index contributed by atoms with van der Waals surface area (Å²) in [5, 5.41) is 3.23. The van der Waals surface area contributed by atoms with Crippen LogP contribution in [0, 0.1) is 6.92 Å². The summed E-state index contributed by atoms with van der Waals surface area (Å²) < 4.78 is 14.2. The lowest BCUT2D eigenvalue weighted by Crippen LogP contribution is -2.30. The summed E-state index contributed by atoms with van der Waals surface area (Å²) in [4.78, 5) is 26.4. The lowest BCUT2D eigenvalue weighted by atomic mass is 10.1. The molecule has 1 N–H and O–H groups in total. The number of fused-ring (bicyclic) bond motifs is 1. The van der Waals surface area contributed by atoms with Gasteiger partial charge in [0.1, 0.15) is 11.2 Å². The van der Waals surface area contributed by atoms with Crippen LogP contribution in [0.2, 0.25) is 0 Å². The number of aromatic nitrogens is 5. The Bertz CT molecular complexity index is 1250. The minimum atomic E-state index is -0.0796. The second-order valence-corrected chi connectivity index (χ2v) is 7.44. The minimum absolute atomic E-state index is 0.0775. The summed E-state index contributed by atoms with van der Waals surface area (Å²) in [5.41, 5.74) is 3.79. The van der Waals surface area contributed by atoms with Crippen LogP contribution in [-0.4, -0.2) is 37.3 Å². The average Bonchev–Trinajstić information content (AvgIpc) is 3.38. The number of furan rings is 1. The SMILES string of the molecule is Cc1cc(-c2ccco2)ncc1Nc1ncc2c(n1)n(C1CCOCC1)c(=O)n2C. The van der Waals surface area contributed by atoms with E-state index < -0.39 is 0 Å². The molecule has 1 fully saturated rings. The fraction of sp³-hybridized carbons (Fsp3) is 0.333. The Morgan fingerprint density at radius 2 is 2.03 bits per heavy atom. The zero-order valence-corrected chi connectivity index (χ0v) is 16.8. The highest BCUT2D eigenvalue weighted by Crippen LogP contribution is 2.26. The van der Waals surface area contributed by atoms with Crippen molar-refractivity contribution in [2.75, 3.05) is 18.5 Å². The number of anilines is 2. The van der Waals surface area contributed by atoms with Gasteiger partial charge in [0, 0.05) is 26.3 Å². The van der Waals surface area contributed by atoms with Gasteiger partial charge in [-0.05, 0) is 43.5 Å². The molecule has 5 heterocycles. The van der Waals surface area contributed by atoms with Gasteiger partial charge < -0.3 is 14.5 Å². The number of pyridine rings is 1. The smallest absolute Gasteiger partial charge is 0.330 e. The number of rotatable bonds is 4. The van der Waals surface area contributed by atoms with Crippen molar-refractivity contribution in [3.05, 3.63) is 52.9 Å². The van der Waals surface area contributed by atoms with E-state index >= 15 is 0 Å². The number of ether oxygens (including phenoxy) is 1. The van der Waals surface area contributed by atoms with Crippen LogP contribution >= 0.6 is 0 Å². The van der Waals surface area contributed by atoms with Crippen molar-refractivity contribution in [2.24, 2.45) is 7.05 Å². The first kappa shape index (κ1) is 18.6. The van der Waals surface area contributed by atoms with Crippen molar-refractivity contribution in [3.63, 3.8) is 0 Å². The number of hydrogen-bond acceptors (Lipinski definition) is 7. The van der Waals surface area contributed by atoms with Crippen molar-refractivity contribution in [2.45, 2.75) is 25.8 Å². The first-order valence-corrected chi connectivity index (χ1v) is 9.91. The van der Waals surface area contributed by atoms with Crippen molar-refractivity contribution >= 4 is 22.8 Å². The van der Waals surface area contributed by atoms with E-state index in [4.69, 9.17) is 9.15 Å². The molecule has 5 rings (SSSR count). The molecule has 0 aliphatic carbocycles. The highest BCUT2D eigenvalue weighted by Gasteiger charge is 2.23. The first-order chi connectivity index (χ1) is 14.6. The molecule has 0 unspecified atom stereocenters. The summed E-state index contributed by atoms with van der Waals surface area (Å²) in [7, 11) is 1.75. The number of hydrogen-bond donors (Lipinski definition) is 1. The van der Waals surface area contributed by atoms with Gasteiger partial charge in [0.15, 0.2) is 11.4 Å². The lowest BCUT2D eigenvalue weighted by Gasteiger charge is -2.22. The monoisotopic (exact) mass is 406 g/mol. The van der Waals surface area contributed by atoms with Gasteiger partial charge in [0.25, 0.3) is 0 Å². The van der Waals surface area contributed by atoms with Crippen LogP contribution in [0.15, 0.2) is 46.1 Å². The van der Waals surface area contributed by atoms with Crippen LogP contribution in [0.25, 0.3) is 22.6 Å². The van der Waals surface area contributed by atoms with Crippen LogP contribution in [0.5, 0.6) is 0 Å². The molecule has 0 radical (unpaired) electrons. The van der Waals surface area contributed by atoms with Crippen LogP contribution < -0.4 is 11.0 Å². The summed E-state index contributed by atoms with van der Waals surface area (Å²) in [6, 6.07) is 5.73. The van der Waals surface area contributed by atoms with E-state index in [-0.39, 0.29) is 11.7 Å². The van der Waals surface area contributed by atoms with E-state index in [1.54, 1.807) is 34.8 Å². The quantitative estimate of drug-likeness (QED) is 0.555. The Labute approximate surface area is 172 Å². The van der Waals surface area contributed by atoms with Crippen LogP contribution in [0.4, 0.5) is 11.6 Å². The standard InChI is InChI=1S/C21H22N6O3/c1-13-10-15(18-4-3-7-30-18)22-11-16(13)24-20-23-12-17-19(25-20)27(21(28)26(17)2)14-5-8-29-9-6-14/h3-4,7,10-12,14H,5-6,8-9H2,1-2H3,(H,23,24,25). The summed E-state index contributed by atoms with van der Waals surface area (Å²) in [6.07, 6.45) is 6.63. The maximum Gasteiger partial charge on any atom is 0.330 e. The van der Waals surface area contributed by atoms with Crippen molar-refractivity contribution in [3.8, 4) is 11.5 Å². The molecule has 0 spiro atoms. The summed E-state index contributed by atoms with van der Waals surface area (Å²) >= 11 is 0. The van der Waals surface area contributed by atoms with Gasteiger partial charge in [-0.15, -0.1) is 0 Å². The number of nitrogens with zero attached hydrogens (tertiary/aromatic N) is 5. The molecular weight excluding hydrogens is 384 g/mol. The second kappa shape index (κ2) is 7.42. The third-order valence-corrected chi connectivity index (χ3v) is 5.52. The molecule has 9 nitrogen and oxygen atoms in total. The normalized spacial score (nSPS) is 15.0. The largest absolute Gasteiger partial charge is 0.463 e. The molecule has 4 aromatic heterocycles. The Balaban J connectivity index is 1.50. The van der Waals surface area contributed by atoms with Crippen LogP contribution in [-0.2, 0) is 11.8 Å². The molecule has 1 saturated heterocycles. The molecule has 9 heteroatoms. The Hall–Kier alpha value is -3.46. The molecular formula is C21H22N6O3. The second-order valence-electron chi connectivity index (χ2n) is 7.44. The number of imidazole rings is 1. The first-order valence-electron chi connectivity index (χ1n) is 9.91. The Morgan fingerprint density at radius 3 is 2.77 bits per heavy atom. The molecule has 0 bridgehead atoms. The van der Waals surface area contributed by atoms with Crippen molar-refractivity contribution in [1.82, 2.24) is 24.1 Å². The predicted molar refractivity (Wildman–Crippen MR) is 112 cm³/mol. The molecule has 0 amide bonds. The molecule has 0 atom stereocenters. The Kier molecular flexibility index (Phi) is 4.59. The minimum Gasteiger partial charge on any atom is -0.463 e. The van der Waals surface area contributed by atoms with Crippen molar-refractivity contribution in [1.29, 1.82) is 0 Å². The topological polar surface area (TPSA) is 100 Å². The van der Waals surface area contributed by atoms with Gasteiger partial charge in [-0.2, -0.15) is 4.98 Å². The molecule has 1 aliphatic rings. The van der Waals surface area contributed by atoms with Gasteiger partial charge in [-0.25, -0.2) is 9.78 Å². The van der Waals surface area contributed by atoms with Gasteiger partial charge in [-0.1, -0.05) is 0 Å². The van der Waals surface area contributed by atoms with Crippen molar-refractivity contribution < 1.29 is 9.15 Å². The number of nitrogens with one attached hydrogen (secondary N) is 1. The van der Waals surface area contributed by atoms with Gasteiger partial charge in [0.05, 0.1) is 24.3 Å². The van der Waals surface area contributed by atoms with Gasteiger partial charge >= 0.3 is 5.69 Å². The highest BCUT2D eigenvalue weighted by atomic mass is 16.5. The fourth-order valence-corrected chi connectivity index (χ4v) is 3.83. The summed E-state index contributed by atoms with van der Waals surface area (Å²) in [6.45, 7) is 3.28. The number of aryl methyl sites for hydroxylation is 2. The van der Waals surface area contributed by atoms with E-state index in [0.717, 1.165) is 29.8 Å². The zero-order chi connectivity index (χ0) is 20.7. The third-order valence-electron chi connectivity index (χ3n) is 5.52. The van der Waals surface area contributed by atoms with E-state index in [1.807, 2.05) is 25.1 Å². The molecule has 0 aromatic carbocycles. The molecule has 0 saturated carbocycles. The molecule has 1 aliphatic heterocycles. The predicted octanol–water partition coefficient (Wildman–Crippen LogP) is 3.19. The highest BCUT2D eigenvalue weighted by molar-refractivity contribution is 5.73.